The Morgan fingerprint density at radius 3 is 2.18 bits per heavy atom. The van der Waals surface area contributed by atoms with Gasteiger partial charge in [-0.15, -0.1) is 0 Å². The van der Waals surface area contributed by atoms with Crippen molar-refractivity contribution in [1.82, 2.24) is 0 Å². The van der Waals surface area contributed by atoms with Crippen LogP contribution in [0, 0.1) is 11.2 Å². The lowest BCUT2D eigenvalue weighted by atomic mass is 9.64. The zero-order chi connectivity index (χ0) is 30.7. The van der Waals surface area contributed by atoms with Crippen LogP contribution in [-0.2, 0) is 0 Å². The third-order valence-corrected chi connectivity index (χ3v) is 9.16. The number of benzene rings is 4. The highest BCUT2D eigenvalue weighted by molar-refractivity contribution is 6.32. The highest BCUT2D eigenvalue weighted by Crippen LogP contribution is 2.62. The molecule has 3 atom stereocenters. The second-order valence-electron chi connectivity index (χ2n) is 11.1. The number of carbonyl (C=O) groups is 3. The van der Waals surface area contributed by atoms with E-state index in [0.29, 0.717) is 50.8 Å². The molecule has 4 aromatic carbocycles. The summed E-state index contributed by atoms with van der Waals surface area (Å²) in [6.45, 7) is 0. The molecule has 0 unspecified atom stereocenters. The van der Waals surface area contributed by atoms with Crippen molar-refractivity contribution < 1.29 is 33.0 Å². The molecule has 1 saturated heterocycles. The number of hydrogen-bond donors (Lipinski definition) is 0. The SMILES string of the molecule is COc1cccc(C(=O)[C@H]2[C@@H](c3ccc(OC)cc3OC)C3(C(=O)c4ccccc4C3=O)[C@H]3C=Cc4cc(F)ccc4N23)c1. The summed E-state index contributed by atoms with van der Waals surface area (Å²) in [6.07, 6.45) is 3.48. The Labute approximate surface area is 253 Å². The predicted octanol–water partition coefficient (Wildman–Crippen LogP) is 6.17. The molecule has 0 radical (unpaired) electrons. The van der Waals surface area contributed by atoms with Gasteiger partial charge in [0.15, 0.2) is 17.3 Å². The van der Waals surface area contributed by atoms with Crippen LogP contribution in [0.15, 0.2) is 91.0 Å². The van der Waals surface area contributed by atoms with Crippen LogP contribution in [-0.4, -0.2) is 50.8 Å². The minimum Gasteiger partial charge on any atom is -0.497 e. The number of Topliss-reactive ketones (excluding diaryl/α,β-unsaturated/α-hetero) is 3. The molecule has 8 heteroatoms. The Hall–Kier alpha value is -5.24. The fraction of sp³-hybridized carbons (Fsp3) is 0.194. The smallest absolute Gasteiger partial charge is 0.186 e. The predicted molar refractivity (Wildman–Crippen MR) is 163 cm³/mol. The van der Waals surface area contributed by atoms with E-state index >= 15 is 0 Å². The van der Waals surface area contributed by atoms with Gasteiger partial charge in [-0.3, -0.25) is 14.4 Å². The van der Waals surface area contributed by atoms with Gasteiger partial charge in [-0.2, -0.15) is 0 Å². The van der Waals surface area contributed by atoms with Gasteiger partial charge in [0.05, 0.1) is 27.4 Å². The number of halogens is 1. The van der Waals surface area contributed by atoms with Crippen LogP contribution in [0.5, 0.6) is 17.2 Å². The Bertz CT molecular complexity index is 1860. The standard InChI is InChI=1S/C36H28FNO6/c1-42-23-8-6-7-21(18-23)33(39)32-31(27-14-13-24(43-2)19-29(27)44-3)36(34(40)25-9-4-5-10-26(25)35(36)41)30-16-11-20-17-22(37)12-15-28(20)38(30)32/h4-19,30-32H,1-3H3/t30-,31-,32-/m1/s1. The summed E-state index contributed by atoms with van der Waals surface area (Å²) in [7, 11) is 4.54. The maximum atomic E-state index is 14.9. The largest absolute Gasteiger partial charge is 0.497 e. The van der Waals surface area contributed by atoms with Crippen LogP contribution < -0.4 is 19.1 Å². The van der Waals surface area contributed by atoms with E-state index in [4.69, 9.17) is 14.2 Å². The van der Waals surface area contributed by atoms with Gasteiger partial charge in [0.1, 0.15) is 34.5 Å². The first-order valence-corrected chi connectivity index (χ1v) is 14.2. The number of fused-ring (bicyclic) bond motifs is 5. The molecule has 0 aromatic heterocycles. The molecule has 44 heavy (non-hydrogen) atoms. The summed E-state index contributed by atoms with van der Waals surface area (Å²) in [5, 5.41) is 0. The topological polar surface area (TPSA) is 82.1 Å². The average Bonchev–Trinajstić information content (AvgIpc) is 3.49. The maximum absolute atomic E-state index is 14.9. The minimum absolute atomic E-state index is 0.308. The Morgan fingerprint density at radius 1 is 0.795 bits per heavy atom. The molecular formula is C36H28FNO6. The van der Waals surface area contributed by atoms with Crippen molar-refractivity contribution in [2.45, 2.75) is 18.0 Å². The van der Waals surface area contributed by atoms with E-state index in [1.165, 1.54) is 33.5 Å². The van der Waals surface area contributed by atoms with Crippen LogP contribution in [0.4, 0.5) is 10.1 Å². The normalized spacial score (nSPS) is 20.7. The summed E-state index contributed by atoms with van der Waals surface area (Å²) in [5.74, 6) is -1.13. The summed E-state index contributed by atoms with van der Waals surface area (Å²) in [6, 6.07) is 21.1. The molecule has 0 bridgehead atoms. The van der Waals surface area contributed by atoms with Crippen LogP contribution in [0.2, 0.25) is 0 Å². The van der Waals surface area contributed by atoms with Crippen molar-refractivity contribution in [1.29, 1.82) is 0 Å². The van der Waals surface area contributed by atoms with Crippen molar-refractivity contribution >= 4 is 29.1 Å². The van der Waals surface area contributed by atoms with Crippen LogP contribution in [0.25, 0.3) is 6.08 Å². The van der Waals surface area contributed by atoms with Crippen molar-refractivity contribution in [2.24, 2.45) is 5.41 Å². The van der Waals surface area contributed by atoms with E-state index < -0.39 is 29.2 Å². The van der Waals surface area contributed by atoms with Gasteiger partial charge in [-0.05, 0) is 36.4 Å². The van der Waals surface area contributed by atoms with Crippen LogP contribution in [0.3, 0.4) is 0 Å². The summed E-state index contributed by atoms with van der Waals surface area (Å²) < 4.78 is 31.2. The van der Waals surface area contributed by atoms with E-state index in [2.05, 4.69) is 0 Å². The number of carbonyl (C=O) groups excluding carboxylic acids is 3. The molecular weight excluding hydrogens is 561 g/mol. The first-order valence-electron chi connectivity index (χ1n) is 14.2. The fourth-order valence-electron chi connectivity index (χ4n) is 7.31. The van der Waals surface area contributed by atoms with Gasteiger partial charge in [-0.1, -0.05) is 54.6 Å². The Morgan fingerprint density at radius 2 is 1.50 bits per heavy atom. The lowest BCUT2D eigenvalue weighted by molar-refractivity contribution is 0.0664. The fourth-order valence-corrected chi connectivity index (χ4v) is 7.31. The summed E-state index contributed by atoms with van der Waals surface area (Å²) in [5.41, 5.74) is 0.827. The van der Waals surface area contributed by atoms with Crippen molar-refractivity contribution in [2.75, 3.05) is 26.2 Å². The Kier molecular flexibility index (Phi) is 6.39. The molecule has 0 amide bonds. The highest BCUT2D eigenvalue weighted by Gasteiger charge is 2.72. The van der Waals surface area contributed by atoms with Gasteiger partial charge in [0, 0.05) is 45.5 Å². The number of rotatable bonds is 6. The molecule has 3 aliphatic rings. The highest BCUT2D eigenvalue weighted by atomic mass is 19.1. The summed E-state index contributed by atoms with van der Waals surface area (Å²) in [4.78, 5) is 46.4. The molecule has 4 aromatic rings. The number of ether oxygens (including phenoxy) is 3. The number of ketones is 3. The zero-order valence-electron chi connectivity index (χ0n) is 24.2. The zero-order valence-corrected chi connectivity index (χ0v) is 24.2. The lowest BCUT2D eigenvalue weighted by Crippen LogP contribution is -2.48. The average molecular weight is 590 g/mol. The number of methoxy groups -OCH3 is 3. The monoisotopic (exact) mass is 589 g/mol. The van der Waals surface area contributed by atoms with E-state index in [-0.39, 0.29) is 17.3 Å². The molecule has 2 heterocycles. The van der Waals surface area contributed by atoms with Gasteiger partial charge < -0.3 is 19.1 Å². The first-order chi connectivity index (χ1) is 21.3. The molecule has 0 saturated carbocycles. The van der Waals surface area contributed by atoms with E-state index in [0.717, 1.165) is 0 Å². The van der Waals surface area contributed by atoms with E-state index in [1.54, 1.807) is 84.9 Å². The van der Waals surface area contributed by atoms with Gasteiger partial charge >= 0.3 is 0 Å². The number of anilines is 1. The first kappa shape index (κ1) is 27.6. The molecule has 1 aliphatic carbocycles. The molecule has 2 aliphatic heterocycles. The molecule has 0 N–H and O–H groups in total. The van der Waals surface area contributed by atoms with Crippen LogP contribution >= 0.6 is 0 Å². The third kappa shape index (κ3) is 3.70. The molecule has 7 rings (SSSR count). The second kappa shape index (κ2) is 10.2. The van der Waals surface area contributed by atoms with Crippen LogP contribution in [0.1, 0.15) is 48.1 Å². The van der Waals surface area contributed by atoms with Gasteiger partial charge in [0.2, 0.25) is 0 Å². The maximum Gasteiger partial charge on any atom is 0.186 e. The third-order valence-electron chi connectivity index (χ3n) is 9.16. The van der Waals surface area contributed by atoms with Gasteiger partial charge in [0.25, 0.3) is 0 Å². The van der Waals surface area contributed by atoms with Crippen molar-refractivity contribution in [3.8, 4) is 17.2 Å². The number of nitrogens with zero attached hydrogens (tertiary/aromatic N) is 1. The summed E-state index contributed by atoms with van der Waals surface area (Å²) >= 11 is 0. The quantitative estimate of drug-likeness (QED) is 0.197. The second-order valence-corrected chi connectivity index (χ2v) is 11.1. The van der Waals surface area contributed by atoms with E-state index in [9.17, 15) is 18.8 Å². The minimum atomic E-state index is -1.73. The number of hydrogen-bond acceptors (Lipinski definition) is 7. The van der Waals surface area contributed by atoms with Crippen molar-refractivity contribution in [3.05, 3.63) is 125 Å². The molecule has 1 spiro atoms. The Balaban J connectivity index is 1.57. The van der Waals surface area contributed by atoms with E-state index in [1.807, 2.05) is 4.90 Å². The van der Waals surface area contributed by atoms with Gasteiger partial charge in [-0.25, -0.2) is 4.39 Å². The molecule has 220 valence electrons. The lowest BCUT2D eigenvalue weighted by Gasteiger charge is -2.37. The van der Waals surface area contributed by atoms with Crippen molar-refractivity contribution in [3.63, 3.8) is 0 Å². The molecule has 1 fully saturated rings. The molecule has 7 nitrogen and oxygen atoms in total.